The fourth-order valence-corrected chi connectivity index (χ4v) is 4.35. The Balaban J connectivity index is 1.82. The first-order chi connectivity index (χ1) is 16.5. The van der Waals surface area contributed by atoms with Crippen LogP contribution in [0.5, 0.6) is 5.88 Å². The largest absolute Gasteiger partial charge is 0.481 e. The minimum Gasteiger partial charge on any atom is -0.481 e. The Kier molecular flexibility index (Phi) is 6.31. The number of hydrogen-bond acceptors (Lipinski definition) is 4. The van der Waals surface area contributed by atoms with Crippen LogP contribution in [0, 0.1) is 19.3 Å². The molecule has 180 valence electrons. The van der Waals surface area contributed by atoms with Crippen molar-refractivity contribution < 1.29 is 18.6 Å². The predicted molar refractivity (Wildman–Crippen MR) is 132 cm³/mol. The second-order valence-electron chi connectivity index (χ2n) is 8.51. The molecule has 1 unspecified atom stereocenters. The number of benzene rings is 2. The van der Waals surface area contributed by atoms with Gasteiger partial charge < -0.3 is 14.4 Å². The van der Waals surface area contributed by atoms with Crippen molar-refractivity contribution in [3.8, 4) is 18.2 Å². The minimum atomic E-state index is -2.92. The van der Waals surface area contributed by atoms with E-state index in [0.29, 0.717) is 50.9 Å². The summed E-state index contributed by atoms with van der Waals surface area (Å²) in [6.45, 7) is 2.67. The van der Waals surface area contributed by atoms with E-state index in [9.17, 15) is 13.9 Å². The molecule has 4 aromatic rings. The Bertz CT molecular complexity index is 1450. The molecule has 0 fully saturated rings. The number of fused-ring (bicyclic) bond motifs is 1. The lowest BCUT2D eigenvalue weighted by molar-refractivity contribution is 0.0174. The molecule has 1 N–H and O–H groups in total. The molecule has 1 atom stereocenters. The van der Waals surface area contributed by atoms with Gasteiger partial charge in [-0.3, -0.25) is 0 Å². The van der Waals surface area contributed by atoms with Crippen molar-refractivity contribution >= 4 is 22.5 Å². The third kappa shape index (κ3) is 4.36. The highest BCUT2D eigenvalue weighted by molar-refractivity contribution is 6.36. The number of aliphatic hydroxyl groups is 1. The highest BCUT2D eigenvalue weighted by Gasteiger charge is 2.33. The molecule has 2 aromatic heterocycles. The Hall–Kier alpha value is -3.47. The Labute approximate surface area is 207 Å². The molecule has 2 aromatic carbocycles. The summed E-state index contributed by atoms with van der Waals surface area (Å²) in [6.07, 6.45) is 7.64. The molecule has 0 radical (unpaired) electrons. The zero-order valence-electron chi connectivity index (χ0n) is 19.7. The monoisotopic (exact) mass is 495 g/mol. The Morgan fingerprint density at radius 1 is 1.17 bits per heavy atom. The molecule has 0 spiro atoms. The van der Waals surface area contributed by atoms with Crippen molar-refractivity contribution in [2.45, 2.75) is 31.8 Å². The zero-order chi connectivity index (χ0) is 25.5. The summed E-state index contributed by atoms with van der Waals surface area (Å²) >= 11 is 6.84. The number of alkyl halides is 2. The molecule has 0 aliphatic heterocycles. The van der Waals surface area contributed by atoms with Crippen LogP contribution < -0.4 is 4.74 Å². The highest BCUT2D eigenvalue weighted by atomic mass is 35.5. The third-order valence-corrected chi connectivity index (χ3v) is 6.66. The first-order valence-corrected chi connectivity index (χ1v) is 11.2. The second kappa shape index (κ2) is 8.95. The molecule has 35 heavy (non-hydrogen) atoms. The van der Waals surface area contributed by atoms with E-state index in [2.05, 4.69) is 15.9 Å². The van der Waals surface area contributed by atoms with Crippen molar-refractivity contribution in [3.05, 3.63) is 87.5 Å². The number of imidazole rings is 1. The first kappa shape index (κ1) is 24.6. The molecule has 0 saturated carbocycles. The molecule has 4 rings (SSSR count). The van der Waals surface area contributed by atoms with E-state index in [4.69, 9.17) is 22.8 Å². The average Bonchev–Trinajstić information content (AvgIpc) is 3.18. The van der Waals surface area contributed by atoms with Gasteiger partial charge in [-0.25, -0.2) is 18.7 Å². The number of ether oxygens (including phenoxy) is 1. The van der Waals surface area contributed by atoms with Crippen molar-refractivity contribution in [1.82, 2.24) is 14.5 Å². The van der Waals surface area contributed by atoms with Crippen molar-refractivity contribution in [2.75, 3.05) is 7.11 Å². The van der Waals surface area contributed by atoms with Crippen LogP contribution in [0.2, 0.25) is 5.02 Å². The number of nitrogens with zero attached hydrogens (tertiary/aromatic N) is 3. The normalized spacial score (nSPS) is 13.5. The maximum absolute atomic E-state index is 13.6. The Morgan fingerprint density at radius 2 is 1.83 bits per heavy atom. The van der Waals surface area contributed by atoms with Crippen LogP contribution in [0.1, 0.15) is 40.7 Å². The fourth-order valence-electron chi connectivity index (χ4n) is 4.05. The SMILES string of the molecule is C#CC(O)(c1ccc2nc(OC)c(Cc3ccc(C(C)(F)F)cc3)c(Cl)c2c1)c1cnc(C)n1C. The number of hydrogen-bond donors (Lipinski definition) is 1. The van der Waals surface area contributed by atoms with Crippen molar-refractivity contribution in [1.29, 1.82) is 0 Å². The maximum atomic E-state index is 13.6. The van der Waals surface area contributed by atoms with Crippen LogP contribution in [-0.4, -0.2) is 26.8 Å². The van der Waals surface area contributed by atoms with Crippen LogP contribution in [-0.2, 0) is 25.0 Å². The van der Waals surface area contributed by atoms with Gasteiger partial charge in [0.1, 0.15) is 5.82 Å². The Morgan fingerprint density at radius 3 is 2.37 bits per heavy atom. The molecule has 0 aliphatic carbocycles. The van der Waals surface area contributed by atoms with Crippen LogP contribution in [0.15, 0.2) is 48.7 Å². The number of methoxy groups -OCH3 is 1. The molecule has 0 aliphatic rings. The summed E-state index contributed by atoms with van der Waals surface area (Å²) in [4.78, 5) is 8.82. The first-order valence-electron chi connectivity index (χ1n) is 10.8. The van der Waals surface area contributed by atoms with E-state index in [-0.39, 0.29) is 5.56 Å². The van der Waals surface area contributed by atoms with Crippen LogP contribution in [0.4, 0.5) is 8.78 Å². The molecule has 8 heteroatoms. The summed E-state index contributed by atoms with van der Waals surface area (Å²) in [5, 5.41) is 12.4. The van der Waals surface area contributed by atoms with E-state index in [1.807, 2.05) is 6.92 Å². The van der Waals surface area contributed by atoms with Gasteiger partial charge in [-0.2, -0.15) is 0 Å². The van der Waals surface area contributed by atoms with Crippen molar-refractivity contribution in [2.24, 2.45) is 7.05 Å². The molecular formula is C27H24ClF2N3O2. The van der Waals surface area contributed by atoms with Gasteiger partial charge in [0, 0.05) is 42.5 Å². The van der Waals surface area contributed by atoms with E-state index < -0.39 is 11.5 Å². The number of terminal acetylenes is 1. The summed E-state index contributed by atoms with van der Waals surface area (Å²) in [7, 11) is 3.27. The quantitative estimate of drug-likeness (QED) is 0.358. The van der Waals surface area contributed by atoms with Crippen molar-refractivity contribution in [3.63, 3.8) is 0 Å². The lowest BCUT2D eigenvalue weighted by Gasteiger charge is -2.24. The molecule has 2 heterocycles. The van der Waals surface area contributed by atoms with Crippen LogP contribution >= 0.6 is 11.6 Å². The van der Waals surface area contributed by atoms with Gasteiger partial charge in [0.2, 0.25) is 5.88 Å². The molecule has 5 nitrogen and oxygen atoms in total. The smallest absolute Gasteiger partial charge is 0.270 e. The predicted octanol–water partition coefficient (Wildman–Crippen LogP) is 5.51. The maximum Gasteiger partial charge on any atom is 0.270 e. The van der Waals surface area contributed by atoms with E-state index in [0.717, 1.165) is 12.5 Å². The van der Waals surface area contributed by atoms with Gasteiger partial charge in [-0.05, 0) is 24.6 Å². The van der Waals surface area contributed by atoms with E-state index >= 15 is 0 Å². The van der Waals surface area contributed by atoms with Gasteiger partial charge >= 0.3 is 0 Å². The summed E-state index contributed by atoms with van der Waals surface area (Å²) in [5.74, 6) is 0.598. The molecule has 0 saturated heterocycles. The summed E-state index contributed by atoms with van der Waals surface area (Å²) < 4.78 is 34.4. The fraction of sp³-hybridized carbons (Fsp3) is 0.259. The standard InChI is InChI=1S/C27H24ClF2N3O2/c1-6-27(34,23-15-31-16(2)33(23)4)19-11-12-22-20(14-19)24(28)21(25(32-22)35-5)13-17-7-9-18(10-8-17)26(3,29)30/h1,7-12,14-15,34H,13H2,2-5H3. The average molecular weight is 496 g/mol. The minimum absolute atomic E-state index is 0.0698. The second-order valence-corrected chi connectivity index (χ2v) is 8.89. The van der Waals surface area contributed by atoms with Crippen LogP contribution in [0.3, 0.4) is 0 Å². The summed E-state index contributed by atoms with van der Waals surface area (Å²) in [5.41, 5.74) is 0.985. The number of pyridine rings is 1. The van der Waals surface area contributed by atoms with E-state index in [1.54, 1.807) is 48.1 Å². The topological polar surface area (TPSA) is 60.2 Å². The number of aryl methyl sites for hydroxylation is 1. The number of rotatable bonds is 6. The highest BCUT2D eigenvalue weighted by Crippen LogP contribution is 2.38. The van der Waals surface area contributed by atoms with Gasteiger partial charge in [-0.1, -0.05) is 47.9 Å². The molecule has 0 bridgehead atoms. The van der Waals surface area contributed by atoms with Gasteiger partial charge in [0.15, 0.2) is 5.60 Å². The van der Waals surface area contributed by atoms with Gasteiger partial charge in [0.05, 0.1) is 29.5 Å². The third-order valence-electron chi connectivity index (χ3n) is 6.23. The van der Waals surface area contributed by atoms with E-state index in [1.165, 1.54) is 19.2 Å². The molecular weight excluding hydrogens is 472 g/mol. The van der Waals surface area contributed by atoms with Gasteiger partial charge in [-0.15, -0.1) is 6.42 Å². The molecule has 0 amide bonds. The number of halogens is 3. The van der Waals surface area contributed by atoms with Gasteiger partial charge in [0.25, 0.3) is 5.92 Å². The zero-order valence-corrected chi connectivity index (χ0v) is 20.5. The van der Waals surface area contributed by atoms with Crippen LogP contribution in [0.25, 0.3) is 10.9 Å². The summed E-state index contributed by atoms with van der Waals surface area (Å²) in [6, 6.07) is 11.2. The lowest BCUT2D eigenvalue weighted by atomic mass is 9.90. The number of aromatic nitrogens is 3. The lowest BCUT2D eigenvalue weighted by Crippen LogP contribution is -2.28.